The number of aromatic nitrogens is 3. The predicted octanol–water partition coefficient (Wildman–Crippen LogP) is 0.922. The predicted molar refractivity (Wildman–Crippen MR) is 73.5 cm³/mol. The molecule has 1 aliphatic heterocycles. The molecule has 6 heteroatoms. The molecule has 1 fully saturated rings. The number of ketones is 1. The first-order valence-electron chi connectivity index (χ1n) is 6.36. The third-order valence-corrected chi connectivity index (χ3v) is 3.28. The van der Waals surface area contributed by atoms with Crippen LogP contribution in [-0.4, -0.2) is 45.3 Å². The van der Waals surface area contributed by atoms with Crippen LogP contribution in [0, 0.1) is 0 Å². The summed E-state index contributed by atoms with van der Waals surface area (Å²) >= 11 is 0. The second-order valence-electron chi connectivity index (χ2n) is 4.85. The van der Waals surface area contributed by atoms with E-state index in [2.05, 4.69) is 15.2 Å². The number of nitrogens with zero attached hydrogens (tertiary/aromatic N) is 4. The van der Waals surface area contributed by atoms with Crippen LogP contribution in [0.25, 0.3) is 11.3 Å². The highest BCUT2D eigenvalue weighted by molar-refractivity contribution is 5.94. The van der Waals surface area contributed by atoms with Gasteiger partial charge in [-0.2, -0.15) is 0 Å². The normalized spacial score (nSPS) is 15.0. The summed E-state index contributed by atoms with van der Waals surface area (Å²) in [6.45, 7) is 2.69. The molecule has 0 atom stereocenters. The van der Waals surface area contributed by atoms with Crippen molar-refractivity contribution in [3.8, 4) is 11.3 Å². The van der Waals surface area contributed by atoms with Gasteiger partial charge in [0.25, 0.3) is 0 Å². The van der Waals surface area contributed by atoms with Crippen LogP contribution in [0.2, 0.25) is 0 Å². The van der Waals surface area contributed by atoms with Crippen LogP contribution in [-0.2, 0) is 0 Å². The third-order valence-electron chi connectivity index (χ3n) is 3.28. The Balaban J connectivity index is 1.84. The molecular formula is C14H14N4O2. The molecule has 1 aliphatic rings. The third kappa shape index (κ3) is 2.37. The molecule has 0 radical (unpaired) electrons. The fourth-order valence-corrected chi connectivity index (χ4v) is 2.06. The van der Waals surface area contributed by atoms with E-state index in [1.54, 1.807) is 12.3 Å². The Morgan fingerprint density at radius 3 is 2.70 bits per heavy atom. The summed E-state index contributed by atoms with van der Waals surface area (Å²) in [4.78, 5) is 17.3. The van der Waals surface area contributed by atoms with Crippen molar-refractivity contribution >= 4 is 11.6 Å². The molecule has 0 unspecified atom stereocenters. The Morgan fingerprint density at radius 1 is 1.30 bits per heavy atom. The van der Waals surface area contributed by atoms with Crippen molar-refractivity contribution in [2.75, 3.05) is 18.0 Å². The van der Waals surface area contributed by atoms with Gasteiger partial charge in [-0.05, 0) is 25.1 Å². The second-order valence-corrected chi connectivity index (χ2v) is 4.85. The molecule has 0 bridgehead atoms. The van der Waals surface area contributed by atoms with Gasteiger partial charge in [0.05, 0.1) is 11.8 Å². The highest BCUT2D eigenvalue weighted by Crippen LogP contribution is 2.21. The van der Waals surface area contributed by atoms with E-state index in [4.69, 9.17) is 0 Å². The molecule has 1 saturated heterocycles. The maximum absolute atomic E-state index is 11.3. The first kappa shape index (κ1) is 12.7. The van der Waals surface area contributed by atoms with Gasteiger partial charge in [-0.15, -0.1) is 10.2 Å². The summed E-state index contributed by atoms with van der Waals surface area (Å²) in [5, 5.41) is 17.6. The monoisotopic (exact) mass is 270 g/mol. The van der Waals surface area contributed by atoms with Crippen molar-refractivity contribution in [3.05, 3.63) is 36.2 Å². The minimum atomic E-state index is -0.270. The van der Waals surface area contributed by atoms with Gasteiger partial charge in [-0.3, -0.25) is 9.78 Å². The first-order valence-corrected chi connectivity index (χ1v) is 6.36. The minimum Gasteiger partial charge on any atom is -0.389 e. The summed E-state index contributed by atoms with van der Waals surface area (Å²) in [6.07, 6.45) is 2.92. The molecule has 20 heavy (non-hydrogen) atoms. The lowest BCUT2D eigenvalue weighted by molar-refractivity contribution is 0.101. The van der Waals surface area contributed by atoms with E-state index in [0.717, 1.165) is 11.4 Å². The van der Waals surface area contributed by atoms with E-state index >= 15 is 0 Å². The fraction of sp³-hybridized carbons (Fsp3) is 0.286. The van der Waals surface area contributed by atoms with Crippen molar-refractivity contribution in [2.24, 2.45) is 0 Å². The molecule has 0 amide bonds. The average molecular weight is 270 g/mol. The van der Waals surface area contributed by atoms with Gasteiger partial charge in [0, 0.05) is 36.6 Å². The van der Waals surface area contributed by atoms with Gasteiger partial charge in [-0.1, -0.05) is 0 Å². The highest BCUT2D eigenvalue weighted by atomic mass is 16.3. The van der Waals surface area contributed by atoms with Crippen LogP contribution < -0.4 is 4.90 Å². The number of hydrogen-bond acceptors (Lipinski definition) is 6. The van der Waals surface area contributed by atoms with Crippen molar-refractivity contribution < 1.29 is 9.90 Å². The van der Waals surface area contributed by atoms with Crippen LogP contribution in [0.5, 0.6) is 0 Å². The van der Waals surface area contributed by atoms with Crippen LogP contribution in [0.3, 0.4) is 0 Å². The lowest BCUT2D eigenvalue weighted by atomic mass is 10.1. The van der Waals surface area contributed by atoms with Crippen LogP contribution in [0.1, 0.15) is 17.3 Å². The largest absolute Gasteiger partial charge is 0.389 e. The van der Waals surface area contributed by atoms with Gasteiger partial charge in [0.2, 0.25) is 0 Å². The number of carbonyl (C=O) groups excluding carboxylic acids is 1. The smallest absolute Gasteiger partial charge is 0.161 e. The molecule has 0 spiro atoms. The number of carbonyl (C=O) groups is 1. The number of rotatable bonds is 3. The molecule has 2 aromatic rings. The van der Waals surface area contributed by atoms with Crippen molar-refractivity contribution in [3.63, 3.8) is 0 Å². The summed E-state index contributed by atoms with van der Waals surface area (Å²) in [5.41, 5.74) is 1.99. The van der Waals surface area contributed by atoms with Crippen LogP contribution >= 0.6 is 0 Å². The Kier molecular flexibility index (Phi) is 3.15. The SMILES string of the molecule is CC(=O)c1cncc(-c2ccc(N3CC(O)C3)nn2)c1. The zero-order chi connectivity index (χ0) is 14.1. The molecular weight excluding hydrogens is 256 g/mol. The lowest BCUT2D eigenvalue weighted by Gasteiger charge is -2.36. The molecule has 6 nitrogen and oxygen atoms in total. The summed E-state index contributed by atoms with van der Waals surface area (Å²) in [6, 6.07) is 5.45. The Labute approximate surface area is 116 Å². The zero-order valence-corrected chi connectivity index (χ0v) is 11.0. The number of hydrogen-bond donors (Lipinski definition) is 1. The summed E-state index contributed by atoms with van der Waals surface area (Å²) < 4.78 is 0. The van der Waals surface area contributed by atoms with E-state index in [1.807, 2.05) is 17.0 Å². The van der Waals surface area contributed by atoms with Gasteiger partial charge >= 0.3 is 0 Å². The quantitative estimate of drug-likeness (QED) is 0.836. The molecule has 3 heterocycles. The van der Waals surface area contributed by atoms with Crippen molar-refractivity contribution in [1.29, 1.82) is 0 Å². The number of β-amino-alcohol motifs (C(OH)–C–C–N with tert-alkyl or cyclic N) is 1. The molecule has 2 aromatic heterocycles. The Morgan fingerprint density at radius 2 is 2.10 bits per heavy atom. The van der Waals surface area contributed by atoms with Gasteiger partial charge in [0.15, 0.2) is 11.6 Å². The van der Waals surface area contributed by atoms with E-state index in [-0.39, 0.29) is 11.9 Å². The number of aliphatic hydroxyl groups is 1. The summed E-state index contributed by atoms with van der Waals surface area (Å²) in [5.74, 6) is 0.716. The van der Waals surface area contributed by atoms with Crippen LogP contribution in [0.15, 0.2) is 30.6 Å². The Bertz CT molecular complexity index is 636. The fourth-order valence-electron chi connectivity index (χ4n) is 2.06. The topological polar surface area (TPSA) is 79.2 Å². The van der Waals surface area contributed by atoms with Gasteiger partial charge in [0.1, 0.15) is 0 Å². The van der Waals surface area contributed by atoms with E-state index in [9.17, 15) is 9.90 Å². The van der Waals surface area contributed by atoms with Gasteiger partial charge < -0.3 is 10.0 Å². The van der Waals surface area contributed by atoms with Gasteiger partial charge in [-0.25, -0.2) is 0 Å². The number of pyridine rings is 1. The summed E-state index contributed by atoms with van der Waals surface area (Å²) in [7, 11) is 0. The first-order chi connectivity index (χ1) is 9.63. The molecule has 1 N–H and O–H groups in total. The number of aliphatic hydroxyl groups excluding tert-OH is 1. The maximum Gasteiger partial charge on any atom is 0.161 e. The lowest BCUT2D eigenvalue weighted by Crippen LogP contribution is -2.51. The molecule has 102 valence electrons. The molecule has 0 aromatic carbocycles. The second kappa shape index (κ2) is 4.97. The number of Topliss-reactive ketones (excluding diaryl/α,β-unsaturated/α-hetero) is 1. The molecule has 3 rings (SSSR count). The van der Waals surface area contributed by atoms with E-state index < -0.39 is 0 Å². The molecule has 0 aliphatic carbocycles. The van der Waals surface area contributed by atoms with E-state index in [1.165, 1.54) is 13.1 Å². The minimum absolute atomic E-state index is 0.0292. The maximum atomic E-state index is 11.3. The Hall–Kier alpha value is -2.34. The number of anilines is 1. The zero-order valence-electron chi connectivity index (χ0n) is 11.0. The van der Waals surface area contributed by atoms with Crippen LogP contribution in [0.4, 0.5) is 5.82 Å². The standard InChI is InChI=1S/C14H14N4O2/c1-9(19)10-4-11(6-15-5-10)13-2-3-14(17-16-13)18-7-12(20)8-18/h2-6,12,20H,7-8H2,1H3. The molecule has 0 saturated carbocycles. The van der Waals surface area contributed by atoms with Crippen molar-refractivity contribution in [2.45, 2.75) is 13.0 Å². The van der Waals surface area contributed by atoms with E-state index in [0.29, 0.717) is 24.3 Å². The average Bonchev–Trinajstić information content (AvgIpc) is 2.44. The van der Waals surface area contributed by atoms with Crippen molar-refractivity contribution in [1.82, 2.24) is 15.2 Å². The highest BCUT2D eigenvalue weighted by Gasteiger charge is 2.25.